The number of hydrogen-bond acceptors (Lipinski definition) is 5. The molecule has 1 aliphatic rings. The molecule has 0 aliphatic carbocycles. The number of pyridine rings is 1. The monoisotopic (exact) mass is 269 g/mol. The van der Waals surface area contributed by atoms with Gasteiger partial charge in [0.1, 0.15) is 17.2 Å². The second-order valence-corrected chi connectivity index (χ2v) is 4.46. The van der Waals surface area contributed by atoms with Gasteiger partial charge < -0.3 is 20.5 Å². The van der Waals surface area contributed by atoms with E-state index in [2.05, 4.69) is 10.3 Å². The van der Waals surface area contributed by atoms with Crippen molar-refractivity contribution in [1.82, 2.24) is 10.3 Å². The Hall–Kier alpha value is -1.73. The molecule has 1 unspecified atom stereocenters. The van der Waals surface area contributed by atoms with Crippen molar-refractivity contribution in [3.8, 4) is 0 Å². The average molecular weight is 269 g/mol. The van der Waals surface area contributed by atoms with Gasteiger partial charge in [0.15, 0.2) is 0 Å². The number of anilines is 1. The van der Waals surface area contributed by atoms with Crippen LogP contribution in [0, 0.1) is 5.82 Å². The number of methoxy groups -OCH3 is 1. The maximum Gasteiger partial charge on any atom is 0.255 e. The third-order valence-electron chi connectivity index (χ3n) is 3.20. The second kappa shape index (κ2) is 5.50. The van der Waals surface area contributed by atoms with Gasteiger partial charge in [0.2, 0.25) is 0 Å². The van der Waals surface area contributed by atoms with Crippen LogP contribution in [0.25, 0.3) is 0 Å². The molecule has 1 aromatic rings. The predicted octanol–water partition coefficient (Wildman–Crippen LogP) is 0.338. The zero-order valence-corrected chi connectivity index (χ0v) is 10.6. The number of nitrogens with two attached hydrogens (primary N) is 1. The summed E-state index contributed by atoms with van der Waals surface area (Å²) in [4.78, 5) is 15.5. The first-order valence-corrected chi connectivity index (χ1v) is 5.88. The highest BCUT2D eigenvalue weighted by Gasteiger charge is 2.35. The number of carbonyl (C=O) groups is 1. The number of hydrogen-bond donors (Lipinski definition) is 2. The van der Waals surface area contributed by atoms with E-state index in [-0.39, 0.29) is 17.9 Å². The van der Waals surface area contributed by atoms with Crippen LogP contribution in [0.15, 0.2) is 12.3 Å². The summed E-state index contributed by atoms with van der Waals surface area (Å²) < 4.78 is 23.7. The number of amides is 1. The van der Waals surface area contributed by atoms with E-state index < -0.39 is 17.3 Å². The summed E-state index contributed by atoms with van der Waals surface area (Å²) in [5, 5.41) is 2.67. The molecule has 0 saturated carbocycles. The molecule has 2 heterocycles. The Bertz CT molecular complexity index is 475. The minimum Gasteiger partial charge on any atom is -0.383 e. The quantitative estimate of drug-likeness (QED) is 0.823. The van der Waals surface area contributed by atoms with Crippen LogP contribution in [0.4, 0.5) is 10.2 Å². The van der Waals surface area contributed by atoms with Gasteiger partial charge in [-0.3, -0.25) is 4.79 Å². The van der Waals surface area contributed by atoms with Gasteiger partial charge in [-0.05, 0) is 6.07 Å². The summed E-state index contributed by atoms with van der Waals surface area (Å²) in [6.07, 6.45) is 1.66. The van der Waals surface area contributed by atoms with Crippen molar-refractivity contribution in [1.29, 1.82) is 0 Å². The number of nitrogens with one attached hydrogen (secondary N) is 1. The van der Waals surface area contributed by atoms with Gasteiger partial charge in [0, 0.05) is 26.7 Å². The highest BCUT2D eigenvalue weighted by molar-refractivity contribution is 5.98. The van der Waals surface area contributed by atoms with E-state index in [4.69, 9.17) is 15.2 Å². The Morgan fingerprint density at radius 2 is 2.53 bits per heavy atom. The molecule has 1 aliphatic heterocycles. The lowest BCUT2D eigenvalue weighted by atomic mass is 10.0. The Labute approximate surface area is 110 Å². The van der Waals surface area contributed by atoms with Gasteiger partial charge in [0.05, 0.1) is 18.4 Å². The van der Waals surface area contributed by atoms with Gasteiger partial charge in [-0.25, -0.2) is 9.37 Å². The van der Waals surface area contributed by atoms with E-state index in [0.717, 1.165) is 12.3 Å². The van der Waals surface area contributed by atoms with Crippen LogP contribution in [-0.4, -0.2) is 43.4 Å². The molecule has 104 valence electrons. The molecule has 6 nitrogen and oxygen atoms in total. The van der Waals surface area contributed by atoms with Crippen molar-refractivity contribution >= 4 is 11.7 Å². The first-order chi connectivity index (χ1) is 9.06. The molecule has 1 fully saturated rings. The summed E-state index contributed by atoms with van der Waals surface area (Å²) in [7, 11) is 1.57. The summed E-state index contributed by atoms with van der Waals surface area (Å²) in [5.74, 6) is -1.09. The minimum atomic E-state index is -0.606. The zero-order chi connectivity index (χ0) is 13.9. The maximum absolute atomic E-state index is 13.0. The van der Waals surface area contributed by atoms with E-state index >= 15 is 0 Å². The minimum absolute atomic E-state index is 0.00645. The average Bonchev–Trinajstić information content (AvgIpc) is 2.88. The molecule has 1 aromatic heterocycles. The largest absolute Gasteiger partial charge is 0.383 e. The lowest BCUT2D eigenvalue weighted by molar-refractivity contribution is -0.0148. The van der Waals surface area contributed by atoms with Gasteiger partial charge in [-0.15, -0.1) is 0 Å². The van der Waals surface area contributed by atoms with Gasteiger partial charge >= 0.3 is 0 Å². The third kappa shape index (κ3) is 2.99. The molecule has 0 bridgehead atoms. The summed E-state index contributed by atoms with van der Waals surface area (Å²) >= 11 is 0. The highest BCUT2D eigenvalue weighted by atomic mass is 19.1. The normalized spacial score (nSPS) is 22.4. The number of nitrogens with zero attached hydrogens (tertiary/aromatic N) is 1. The molecule has 1 atom stereocenters. The maximum atomic E-state index is 13.0. The zero-order valence-electron chi connectivity index (χ0n) is 10.6. The van der Waals surface area contributed by atoms with E-state index in [0.29, 0.717) is 19.6 Å². The summed E-state index contributed by atoms with van der Waals surface area (Å²) in [6, 6.07) is 1.06. The molecule has 0 radical (unpaired) electrons. The van der Waals surface area contributed by atoms with Crippen molar-refractivity contribution in [2.45, 2.75) is 12.0 Å². The molecule has 1 saturated heterocycles. The van der Waals surface area contributed by atoms with Gasteiger partial charge in [0.25, 0.3) is 5.91 Å². The fourth-order valence-corrected chi connectivity index (χ4v) is 1.93. The third-order valence-corrected chi connectivity index (χ3v) is 3.20. The van der Waals surface area contributed by atoms with E-state index in [9.17, 15) is 9.18 Å². The Morgan fingerprint density at radius 1 is 1.74 bits per heavy atom. The molecule has 3 N–H and O–H groups in total. The molecule has 7 heteroatoms. The van der Waals surface area contributed by atoms with Crippen LogP contribution in [0.2, 0.25) is 0 Å². The van der Waals surface area contributed by atoms with Crippen LogP contribution in [0.1, 0.15) is 16.8 Å². The summed E-state index contributed by atoms with van der Waals surface area (Å²) in [5.41, 5.74) is 5.04. The second-order valence-electron chi connectivity index (χ2n) is 4.46. The fourth-order valence-electron chi connectivity index (χ4n) is 1.93. The van der Waals surface area contributed by atoms with E-state index in [1.54, 1.807) is 7.11 Å². The Balaban J connectivity index is 2.03. The van der Waals surface area contributed by atoms with Crippen LogP contribution >= 0.6 is 0 Å². The van der Waals surface area contributed by atoms with Gasteiger partial charge in [-0.1, -0.05) is 0 Å². The lowest BCUT2D eigenvalue weighted by Gasteiger charge is -2.25. The van der Waals surface area contributed by atoms with Crippen molar-refractivity contribution in [2.24, 2.45) is 0 Å². The van der Waals surface area contributed by atoms with Crippen LogP contribution in [0.5, 0.6) is 0 Å². The lowest BCUT2D eigenvalue weighted by Crippen LogP contribution is -2.45. The van der Waals surface area contributed by atoms with Gasteiger partial charge in [-0.2, -0.15) is 0 Å². The topological polar surface area (TPSA) is 86.5 Å². The predicted molar refractivity (Wildman–Crippen MR) is 66.1 cm³/mol. The Morgan fingerprint density at radius 3 is 3.16 bits per heavy atom. The molecule has 19 heavy (non-hydrogen) atoms. The van der Waals surface area contributed by atoms with Crippen molar-refractivity contribution in [3.05, 3.63) is 23.6 Å². The molecular weight excluding hydrogens is 253 g/mol. The first-order valence-electron chi connectivity index (χ1n) is 5.88. The van der Waals surface area contributed by atoms with E-state index in [1.165, 1.54) is 0 Å². The highest BCUT2D eigenvalue weighted by Crippen LogP contribution is 2.21. The number of aromatic nitrogens is 1. The Kier molecular flexibility index (Phi) is 3.96. The standard InChI is InChI=1S/C12H16FN3O3/c1-18-12(2-3-19-7-12)6-16-11(17)9-4-8(13)5-15-10(9)14/h4-5H,2-3,6-7H2,1H3,(H2,14,15)(H,16,17). The number of carbonyl (C=O) groups excluding carboxylic acids is 1. The summed E-state index contributed by atoms with van der Waals surface area (Å²) in [6.45, 7) is 1.28. The van der Waals surface area contributed by atoms with E-state index in [1.807, 2.05) is 0 Å². The van der Waals surface area contributed by atoms with Crippen molar-refractivity contribution in [2.75, 3.05) is 32.6 Å². The number of rotatable bonds is 4. The smallest absolute Gasteiger partial charge is 0.255 e. The molecule has 0 spiro atoms. The molecule has 0 aromatic carbocycles. The van der Waals surface area contributed by atoms with Crippen LogP contribution < -0.4 is 11.1 Å². The number of nitrogen functional groups attached to an aromatic ring is 1. The van der Waals surface area contributed by atoms with Crippen LogP contribution in [0.3, 0.4) is 0 Å². The molecule has 1 amide bonds. The number of ether oxygens (including phenoxy) is 2. The SMILES string of the molecule is COC1(CNC(=O)c2cc(F)cnc2N)CCOC1. The molecular formula is C12H16FN3O3. The van der Waals surface area contributed by atoms with Crippen molar-refractivity contribution < 1.29 is 18.7 Å². The number of halogens is 1. The van der Waals surface area contributed by atoms with Crippen LogP contribution in [-0.2, 0) is 9.47 Å². The fraction of sp³-hybridized carbons (Fsp3) is 0.500. The van der Waals surface area contributed by atoms with Crippen molar-refractivity contribution in [3.63, 3.8) is 0 Å². The molecule has 2 rings (SSSR count). The first kappa shape index (κ1) is 13.7.